The van der Waals surface area contributed by atoms with Crippen LogP contribution in [0.5, 0.6) is 0 Å². The van der Waals surface area contributed by atoms with Crippen molar-refractivity contribution in [2.45, 2.75) is 51.1 Å². The summed E-state index contributed by atoms with van der Waals surface area (Å²) in [7, 11) is 0. The molecule has 1 aliphatic rings. The Morgan fingerprint density at radius 1 is 1.19 bits per heavy atom. The third-order valence-electron chi connectivity index (χ3n) is 5.24. The number of nitrogens with one attached hydrogen (secondary N) is 1. The summed E-state index contributed by atoms with van der Waals surface area (Å²) >= 11 is 0. The van der Waals surface area contributed by atoms with Gasteiger partial charge in [-0.3, -0.25) is 9.78 Å². The lowest BCUT2D eigenvalue weighted by Gasteiger charge is -2.22. The number of nitrogens with zero attached hydrogens (tertiary/aromatic N) is 3. The van der Waals surface area contributed by atoms with Crippen LogP contribution in [0.25, 0.3) is 22.4 Å². The number of hydrogen-bond acceptors (Lipinski definition) is 3. The van der Waals surface area contributed by atoms with E-state index in [1.54, 1.807) is 12.4 Å². The van der Waals surface area contributed by atoms with Crippen molar-refractivity contribution >= 4 is 16.9 Å². The SMILES string of the molecule is CCC(C(=O)NC1CCCC1)n1c(-c2ccncc2)nc2ccccc21. The molecule has 1 aromatic carbocycles. The van der Waals surface area contributed by atoms with Crippen molar-refractivity contribution in [2.75, 3.05) is 0 Å². The highest BCUT2D eigenvalue weighted by atomic mass is 16.2. The number of hydrogen-bond donors (Lipinski definition) is 1. The van der Waals surface area contributed by atoms with Crippen molar-refractivity contribution in [3.8, 4) is 11.4 Å². The summed E-state index contributed by atoms with van der Waals surface area (Å²) in [6.07, 6.45) is 8.83. The number of benzene rings is 1. The Kier molecular flexibility index (Phi) is 4.69. The van der Waals surface area contributed by atoms with E-state index in [4.69, 9.17) is 4.98 Å². The molecule has 1 aliphatic carbocycles. The molecule has 5 heteroatoms. The second kappa shape index (κ2) is 7.28. The summed E-state index contributed by atoms with van der Waals surface area (Å²) in [6.45, 7) is 2.06. The molecule has 1 unspecified atom stereocenters. The zero-order valence-electron chi connectivity index (χ0n) is 15.1. The third-order valence-corrected chi connectivity index (χ3v) is 5.24. The van der Waals surface area contributed by atoms with Gasteiger partial charge < -0.3 is 9.88 Å². The molecule has 2 aromatic heterocycles. The van der Waals surface area contributed by atoms with E-state index in [0.29, 0.717) is 6.04 Å². The van der Waals surface area contributed by atoms with Crippen molar-refractivity contribution in [1.29, 1.82) is 0 Å². The van der Waals surface area contributed by atoms with Crippen molar-refractivity contribution in [3.63, 3.8) is 0 Å². The molecule has 0 saturated heterocycles. The van der Waals surface area contributed by atoms with Crippen LogP contribution in [-0.4, -0.2) is 26.5 Å². The lowest BCUT2D eigenvalue weighted by atomic mass is 10.1. The molecule has 1 N–H and O–H groups in total. The van der Waals surface area contributed by atoms with E-state index in [9.17, 15) is 4.79 Å². The Hall–Kier alpha value is -2.69. The van der Waals surface area contributed by atoms with Crippen LogP contribution < -0.4 is 5.32 Å². The summed E-state index contributed by atoms with van der Waals surface area (Å²) in [4.78, 5) is 22.0. The molecule has 2 heterocycles. The molecule has 1 saturated carbocycles. The van der Waals surface area contributed by atoms with Gasteiger partial charge in [-0.2, -0.15) is 0 Å². The van der Waals surface area contributed by atoms with Crippen molar-refractivity contribution < 1.29 is 4.79 Å². The van der Waals surface area contributed by atoms with Crippen LogP contribution in [-0.2, 0) is 4.79 Å². The van der Waals surface area contributed by atoms with Crippen LogP contribution in [0.2, 0.25) is 0 Å². The summed E-state index contributed by atoms with van der Waals surface area (Å²) in [5.41, 5.74) is 2.88. The highest BCUT2D eigenvalue weighted by molar-refractivity contribution is 5.87. The zero-order valence-corrected chi connectivity index (χ0v) is 15.1. The molecule has 0 aliphatic heterocycles. The first kappa shape index (κ1) is 16.8. The number of para-hydroxylation sites is 2. The van der Waals surface area contributed by atoms with Gasteiger partial charge in [0.2, 0.25) is 5.91 Å². The number of carbonyl (C=O) groups is 1. The number of imidazole rings is 1. The van der Waals surface area contributed by atoms with E-state index >= 15 is 0 Å². The molecule has 1 amide bonds. The van der Waals surface area contributed by atoms with Gasteiger partial charge in [-0.1, -0.05) is 31.9 Å². The fourth-order valence-electron chi connectivity index (χ4n) is 3.92. The van der Waals surface area contributed by atoms with Crippen molar-refractivity contribution in [1.82, 2.24) is 19.9 Å². The van der Waals surface area contributed by atoms with E-state index in [-0.39, 0.29) is 11.9 Å². The lowest BCUT2D eigenvalue weighted by molar-refractivity contribution is -0.125. The highest BCUT2D eigenvalue weighted by Gasteiger charge is 2.27. The Bertz CT molecular complexity index is 897. The number of carbonyl (C=O) groups excluding carboxylic acids is 1. The summed E-state index contributed by atoms with van der Waals surface area (Å²) < 4.78 is 2.09. The largest absolute Gasteiger partial charge is 0.352 e. The Morgan fingerprint density at radius 2 is 1.92 bits per heavy atom. The van der Waals surface area contributed by atoms with Crippen LogP contribution in [0, 0.1) is 0 Å². The monoisotopic (exact) mass is 348 g/mol. The Balaban J connectivity index is 1.78. The second-order valence-corrected chi connectivity index (χ2v) is 6.94. The van der Waals surface area contributed by atoms with E-state index in [0.717, 1.165) is 41.7 Å². The first-order valence-corrected chi connectivity index (χ1v) is 9.45. The van der Waals surface area contributed by atoms with Crippen LogP contribution in [0.3, 0.4) is 0 Å². The lowest BCUT2D eigenvalue weighted by Crippen LogP contribution is -2.38. The second-order valence-electron chi connectivity index (χ2n) is 6.94. The van der Waals surface area contributed by atoms with Gasteiger partial charge in [-0.15, -0.1) is 0 Å². The molecular formula is C21H24N4O. The number of rotatable bonds is 5. The smallest absolute Gasteiger partial charge is 0.243 e. The average molecular weight is 348 g/mol. The Labute approximate surface area is 153 Å². The fraction of sp³-hybridized carbons (Fsp3) is 0.381. The quantitative estimate of drug-likeness (QED) is 0.755. The maximum atomic E-state index is 13.1. The van der Waals surface area contributed by atoms with Gasteiger partial charge in [0.1, 0.15) is 11.9 Å². The average Bonchev–Trinajstić information content (AvgIpc) is 3.31. The fourth-order valence-corrected chi connectivity index (χ4v) is 3.92. The normalized spacial score (nSPS) is 16.0. The molecule has 5 nitrogen and oxygen atoms in total. The number of aromatic nitrogens is 3. The van der Waals surface area contributed by atoms with Crippen LogP contribution in [0.15, 0.2) is 48.8 Å². The molecular weight excluding hydrogens is 324 g/mol. The van der Waals surface area contributed by atoms with E-state index in [1.165, 1.54) is 12.8 Å². The highest BCUT2D eigenvalue weighted by Crippen LogP contribution is 2.30. The molecule has 0 radical (unpaired) electrons. The number of pyridine rings is 1. The molecule has 134 valence electrons. The van der Waals surface area contributed by atoms with Gasteiger partial charge >= 0.3 is 0 Å². The minimum absolute atomic E-state index is 0.0952. The van der Waals surface area contributed by atoms with E-state index in [2.05, 4.69) is 21.8 Å². The molecule has 3 aromatic rings. The summed E-state index contributed by atoms with van der Waals surface area (Å²) in [5.74, 6) is 0.917. The van der Waals surface area contributed by atoms with Gasteiger partial charge in [-0.25, -0.2) is 4.98 Å². The first-order chi connectivity index (χ1) is 12.8. The predicted molar refractivity (Wildman–Crippen MR) is 103 cm³/mol. The summed E-state index contributed by atoms with van der Waals surface area (Å²) in [6, 6.07) is 11.9. The van der Waals surface area contributed by atoms with Gasteiger partial charge in [0.05, 0.1) is 11.0 Å². The minimum Gasteiger partial charge on any atom is -0.352 e. The van der Waals surface area contributed by atoms with Crippen LogP contribution >= 0.6 is 0 Å². The van der Waals surface area contributed by atoms with Crippen LogP contribution in [0.4, 0.5) is 0 Å². The van der Waals surface area contributed by atoms with Crippen molar-refractivity contribution in [2.24, 2.45) is 0 Å². The van der Waals surface area contributed by atoms with Gasteiger partial charge in [0.15, 0.2) is 0 Å². The standard InChI is InChI=1S/C21H24N4O/c1-2-18(21(26)23-16-7-3-4-8-16)25-19-10-6-5-9-17(19)24-20(25)15-11-13-22-14-12-15/h5-6,9-14,16,18H,2-4,7-8H2,1H3,(H,23,26). The van der Waals surface area contributed by atoms with Gasteiger partial charge in [0.25, 0.3) is 0 Å². The molecule has 4 rings (SSSR count). The molecule has 0 bridgehead atoms. The maximum Gasteiger partial charge on any atom is 0.243 e. The molecule has 1 atom stereocenters. The van der Waals surface area contributed by atoms with Gasteiger partial charge in [-0.05, 0) is 43.5 Å². The third kappa shape index (κ3) is 3.09. The predicted octanol–water partition coefficient (Wildman–Crippen LogP) is 4.11. The Morgan fingerprint density at radius 3 is 2.65 bits per heavy atom. The summed E-state index contributed by atoms with van der Waals surface area (Å²) in [5, 5.41) is 3.26. The zero-order chi connectivity index (χ0) is 17.9. The van der Waals surface area contributed by atoms with Gasteiger partial charge in [0, 0.05) is 24.0 Å². The molecule has 1 fully saturated rings. The van der Waals surface area contributed by atoms with E-state index in [1.807, 2.05) is 36.4 Å². The first-order valence-electron chi connectivity index (χ1n) is 9.45. The van der Waals surface area contributed by atoms with Crippen molar-refractivity contribution in [3.05, 3.63) is 48.8 Å². The van der Waals surface area contributed by atoms with Crippen LogP contribution in [0.1, 0.15) is 45.1 Å². The topological polar surface area (TPSA) is 59.8 Å². The number of fused-ring (bicyclic) bond motifs is 1. The van der Waals surface area contributed by atoms with E-state index < -0.39 is 0 Å². The minimum atomic E-state index is -0.272. The molecule has 0 spiro atoms. The maximum absolute atomic E-state index is 13.1. The molecule has 26 heavy (non-hydrogen) atoms. The number of amides is 1.